The zero-order valence-corrected chi connectivity index (χ0v) is 18.7. The van der Waals surface area contributed by atoms with E-state index < -0.39 is 0 Å². The van der Waals surface area contributed by atoms with Crippen molar-refractivity contribution in [2.24, 2.45) is 0 Å². The summed E-state index contributed by atoms with van der Waals surface area (Å²) in [6, 6.07) is 19.1. The first kappa shape index (κ1) is 18.9. The molecule has 4 aromatic heterocycles. The third-order valence-corrected chi connectivity index (χ3v) is 6.48. The molecule has 7 aromatic rings. The summed E-state index contributed by atoms with van der Waals surface area (Å²) in [5, 5.41) is 5.61. The Labute approximate surface area is 194 Å². The van der Waals surface area contributed by atoms with E-state index in [1.54, 1.807) is 0 Å². The number of aryl methyl sites for hydroxylation is 2. The van der Waals surface area contributed by atoms with Crippen LogP contribution in [0.3, 0.4) is 0 Å². The lowest BCUT2D eigenvalue weighted by Gasteiger charge is -2.09. The number of nitrogens with one attached hydrogen (secondary N) is 2. The van der Waals surface area contributed by atoms with Gasteiger partial charge in [-0.2, -0.15) is 0 Å². The molecule has 4 heterocycles. The monoisotopic (exact) mass is 440 g/mol. The van der Waals surface area contributed by atoms with Crippen molar-refractivity contribution in [2.75, 3.05) is 0 Å². The van der Waals surface area contributed by atoms with Gasteiger partial charge in [-0.25, -0.2) is 15.0 Å². The molecule has 0 saturated heterocycles. The fourth-order valence-electron chi connectivity index (χ4n) is 4.87. The Balaban J connectivity index is 1.40. The van der Waals surface area contributed by atoms with E-state index in [9.17, 15) is 0 Å². The van der Waals surface area contributed by atoms with Crippen LogP contribution >= 0.6 is 0 Å². The number of rotatable bonds is 2. The molecule has 0 bridgehead atoms. The number of hydrogen-bond acceptors (Lipinski definition) is 4. The molecule has 2 N–H and O–H groups in total. The van der Waals surface area contributed by atoms with Gasteiger partial charge in [0.25, 0.3) is 0 Å². The summed E-state index contributed by atoms with van der Waals surface area (Å²) in [5.74, 6) is 1.81. The minimum Gasteiger partial charge on any atom is -0.342 e. The van der Waals surface area contributed by atoms with Crippen LogP contribution in [0.15, 0.2) is 73.2 Å². The first-order valence-corrected chi connectivity index (χ1v) is 11.2. The number of imidazole rings is 2. The van der Waals surface area contributed by atoms with Crippen molar-refractivity contribution >= 4 is 43.5 Å². The van der Waals surface area contributed by atoms with E-state index in [1.807, 2.05) is 32.4 Å². The molecule has 0 atom stereocenters. The summed E-state index contributed by atoms with van der Waals surface area (Å²) in [4.78, 5) is 25.1. The Kier molecular flexibility index (Phi) is 3.88. The first-order chi connectivity index (χ1) is 16.6. The quantitative estimate of drug-likeness (QED) is 0.301. The molecule has 162 valence electrons. The van der Waals surface area contributed by atoms with Gasteiger partial charge in [0, 0.05) is 39.7 Å². The van der Waals surface area contributed by atoms with Gasteiger partial charge in [-0.1, -0.05) is 24.3 Å². The summed E-state index contributed by atoms with van der Waals surface area (Å²) >= 11 is 0. The molecular formula is C28H20N6. The molecule has 6 nitrogen and oxygen atoms in total. The van der Waals surface area contributed by atoms with Crippen molar-refractivity contribution in [3.63, 3.8) is 0 Å². The average Bonchev–Trinajstić information content (AvgIpc) is 3.49. The molecule has 0 fully saturated rings. The lowest BCUT2D eigenvalue weighted by atomic mass is 9.98. The van der Waals surface area contributed by atoms with Gasteiger partial charge in [0.2, 0.25) is 0 Å². The summed E-state index contributed by atoms with van der Waals surface area (Å²) in [6.07, 6.45) is 5.61. The van der Waals surface area contributed by atoms with Crippen molar-refractivity contribution in [1.82, 2.24) is 29.9 Å². The van der Waals surface area contributed by atoms with E-state index in [0.29, 0.717) is 0 Å². The Morgan fingerprint density at radius 3 is 2.47 bits per heavy atom. The Morgan fingerprint density at radius 2 is 1.59 bits per heavy atom. The van der Waals surface area contributed by atoms with E-state index in [4.69, 9.17) is 9.97 Å². The second-order valence-electron chi connectivity index (χ2n) is 8.71. The average molecular weight is 441 g/mol. The third kappa shape index (κ3) is 2.82. The molecule has 0 amide bonds. The van der Waals surface area contributed by atoms with Gasteiger partial charge in [-0.3, -0.25) is 4.98 Å². The van der Waals surface area contributed by atoms with Crippen LogP contribution in [-0.4, -0.2) is 29.9 Å². The molecule has 0 aliphatic heterocycles. The topological polar surface area (TPSA) is 83.1 Å². The van der Waals surface area contributed by atoms with Gasteiger partial charge in [-0.05, 0) is 55.0 Å². The summed E-state index contributed by atoms with van der Waals surface area (Å²) in [7, 11) is 0. The van der Waals surface area contributed by atoms with Crippen LogP contribution in [0, 0.1) is 13.8 Å². The summed E-state index contributed by atoms with van der Waals surface area (Å²) in [5.41, 5.74) is 7.12. The highest BCUT2D eigenvalue weighted by Crippen LogP contribution is 2.36. The Hall–Kier alpha value is -4.58. The highest BCUT2D eigenvalue weighted by Gasteiger charge is 2.13. The minimum absolute atomic E-state index is 0.901. The molecule has 0 saturated carbocycles. The number of H-pyrrole nitrogens is 2. The zero-order chi connectivity index (χ0) is 22.8. The highest BCUT2D eigenvalue weighted by atomic mass is 14.9. The number of aromatic amines is 2. The normalized spacial score (nSPS) is 11.8. The van der Waals surface area contributed by atoms with Crippen LogP contribution in [0.2, 0.25) is 0 Å². The van der Waals surface area contributed by atoms with Crippen molar-refractivity contribution in [3.8, 4) is 22.5 Å². The predicted octanol–water partition coefficient (Wildman–Crippen LogP) is 6.49. The van der Waals surface area contributed by atoms with Gasteiger partial charge < -0.3 is 9.97 Å². The first-order valence-electron chi connectivity index (χ1n) is 11.2. The maximum Gasteiger partial charge on any atom is 0.104 e. The molecule has 34 heavy (non-hydrogen) atoms. The SMILES string of the molecule is Cc1ncc(-c2ccc3nc(-c4ccc5c(c4)c4ccncc4c4nc(C)[nH]c54)ccc3c2)[nH]1. The van der Waals surface area contributed by atoms with Crippen molar-refractivity contribution in [2.45, 2.75) is 13.8 Å². The third-order valence-electron chi connectivity index (χ3n) is 6.48. The van der Waals surface area contributed by atoms with Gasteiger partial charge in [0.15, 0.2) is 0 Å². The molecule has 0 radical (unpaired) electrons. The van der Waals surface area contributed by atoms with Crippen LogP contribution < -0.4 is 0 Å². The fraction of sp³-hybridized carbons (Fsp3) is 0.0714. The van der Waals surface area contributed by atoms with Crippen LogP contribution in [0.1, 0.15) is 11.6 Å². The number of pyridine rings is 2. The van der Waals surface area contributed by atoms with Gasteiger partial charge >= 0.3 is 0 Å². The van der Waals surface area contributed by atoms with Crippen LogP contribution in [0.5, 0.6) is 0 Å². The molecule has 7 rings (SSSR count). The molecule has 0 unspecified atom stereocenters. The lowest BCUT2D eigenvalue weighted by Crippen LogP contribution is -1.88. The largest absolute Gasteiger partial charge is 0.342 e. The molecule has 0 aliphatic rings. The number of hydrogen-bond donors (Lipinski definition) is 2. The highest BCUT2D eigenvalue weighted by molar-refractivity contribution is 6.23. The van der Waals surface area contributed by atoms with E-state index in [0.717, 1.165) is 77.6 Å². The maximum atomic E-state index is 4.98. The zero-order valence-electron chi connectivity index (χ0n) is 18.7. The Morgan fingerprint density at radius 1 is 0.676 bits per heavy atom. The summed E-state index contributed by atoms with van der Waals surface area (Å²) in [6.45, 7) is 3.94. The summed E-state index contributed by atoms with van der Waals surface area (Å²) < 4.78 is 0. The molecule has 0 spiro atoms. The van der Waals surface area contributed by atoms with E-state index in [2.05, 4.69) is 74.5 Å². The molecular weight excluding hydrogens is 420 g/mol. The van der Waals surface area contributed by atoms with Crippen LogP contribution in [0.4, 0.5) is 0 Å². The second-order valence-corrected chi connectivity index (χ2v) is 8.71. The van der Waals surface area contributed by atoms with Crippen molar-refractivity contribution in [1.29, 1.82) is 0 Å². The van der Waals surface area contributed by atoms with Crippen molar-refractivity contribution < 1.29 is 0 Å². The standard InChI is InChI=1S/C28H20N6/c1-15-30-14-26(31-15)18-5-8-24-17(11-18)4-7-25(34-24)19-3-6-21-22(12-19)20-9-10-29-13-23(20)28-27(21)32-16(2)33-28/h3-14H,1-2H3,(H,30,31)(H,32,33). The number of nitrogens with zero attached hydrogens (tertiary/aromatic N) is 4. The Bertz CT molecular complexity index is 1890. The fourth-order valence-corrected chi connectivity index (χ4v) is 4.87. The van der Waals surface area contributed by atoms with Gasteiger partial charge in [-0.15, -0.1) is 0 Å². The second kappa shape index (κ2) is 6.96. The van der Waals surface area contributed by atoms with Crippen LogP contribution in [0.25, 0.3) is 66.0 Å². The van der Waals surface area contributed by atoms with E-state index >= 15 is 0 Å². The molecule has 3 aromatic carbocycles. The number of aromatic nitrogens is 6. The number of fused-ring (bicyclic) bond motifs is 7. The molecule has 6 heteroatoms. The maximum absolute atomic E-state index is 4.98. The lowest BCUT2D eigenvalue weighted by molar-refractivity contribution is 1.15. The molecule has 0 aliphatic carbocycles. The van der Waals surface area contributed by atoms with Crippen LogP contribution in [-0.2, 0) is 0 Å². The predicted molar refractivity (Wildman–Crippen MR) is 137 cm³/mol. The van der Waals surface area contributed by atoms with Crippen molar-refractivity contribution in [3.05, 3.63) is 84.8 Å². The van der Waals surface area contributed by atoms with Gasteiger partial charge in [0.05, 0.1) is 34.1 Å². The van der Waals surface area contributed by atoms with Gasteiger partial charge in [0.1, 0.15) is 11.6 Å². The minimum atomic E-state index is 0.901. The number of benzene rings is 3. The van der Waals surface area contributed by atoms with E-state index in [-0.39, 0.29) is 0 Å². The smallest absolute Gasteiger partial charge is 0.104 e. The van der Waals surface area contributed by atoms with E-state index in [1.165, 1.54) is 0 Å².